The van der Waals surface area contributed by atoms with Gasteiger partial charge in [-0.05, 0) is 53.5 Å². The highest BCUT2D eigenvalue weighted by molar-refractivity contribution is 9.10. The van der Waals surface area contributed by atoms with Crippen LogP contribution in [0.5, 0.6) is 5.75 Å². The quantitative estimate of drug-likeness (QED) is 0.631. The van der Waals surface area contributed by atoms with E-state index in [0.717, 1.165) is 41.7 Å². The Morgan fingerprint density at radius 1 is 1.47 bits per heavy atom. The Morgan fingerprint density at radius 2 is 2.21 bits per heavy atom. The molecule has 5 heteroatoms. The SMILES string of the molecule is CN1CC(Oc2ccc(C3(N=C=O)CC3)cc2Br)C1. The fourth-order valence-corrected chi connectivity index (χ4v) is 2.92. The maximum Gasteiger partial charge on any atom is 0.235 e. The van der Waals surface area contributed by atoms with Crippen LogP contribution >= 0.6 is 15.9 Å². The van der Waals surface area contributed by atoms with Gasteiger partial charge >= 0.3 is 0 Å². The minimum atomic E-state index is -0.320. The van der Waals surface area contributed by atoms with Gasteiger partial charge in [0.15, 0.2) is 0 Å². The van der Waals surface area contributed by atoms with Crippen LogP contribution in [0.1, 0.15) is 18.4 Å². The number of likely N-dealkylation sites (N-methyl/N-ethyl adjacent to an activating group) is 1. The number of benzene rings is 1. The molecule has 0 N–H and O–H groups in total. The van der Waals surface area contributed by atoms with Crippen LogP contribution in [0.15, 0.2) is 27.7 Å². The molecule has 1 aromatic carbocycles. The highest BCUT2D eigenvalue weighted by Gasteiger charge is 2.45. The van der Waals surface area contributed by atoms with E-state index in [1.165, 1.54) is 0 Å². The van der Waals surface area contributed by atoms with Gasteiger partial charge in [-0.3, -0.25) is 4.90 Å². The van der Waals surface area contributed by atoms with E-state index in [1.807, 2.05) is 18.2 Å². The monoisotopic (exact) mass is 322 g/mol. The van der Waals surface area contributed by atoms with Crippen LogP contribution in [0.25, 0.3) is 0 Å². The molecule has 0 aromatic heterocycles. The number of likely N-dealkylation sites (tertiary alicyclic amines) is 1. The van der Waals surface area contributed by atoms with Crippen molar-refractivity contribution in [1.82, 2.24) is 4.90 Å². The summed E-state index contributed by atoms with van der Waals surface area (Å²) in [5, 5.41) is 0. The molecule has 0 amide bonds. The van der Waals surface area contributed by atoms with Crippen LogP contribution in [-0.4, -0.2) is 37.2 Å². The topological polar surface area (TPSA) is 41.9 Å². The summed E-state index contributed by atoms with van der Waals surface area (Å²) < 4.78 is 6.83. The highest BCUT2D eigenvalue weighted by Crippen LogP contribution is 2.50. The van der Waals surface area contributed by atoms with Crippen molar-refractivity contribution in [3.05, 3.63) is 28.2 Å². The van der Waals surface area contributed by atoms with E-state index in [9.17, 15) is 4.79 Å². The summed E-state index contributed by atoms with van der Waals surface area (Å²) in [6, 6.07) is 5.96. The zero-order chi connectivity index (χ0) is 13.5. The van der Waals surface area contributed by atoms with Gasteiger partial charge in [-0.15, -0.1) is 0 Å². The molecule has 1 aromatic rings. The van der Waals surface area contributed by atoms with Crippen LogP contribution < -0.4 is 4.74 Å². The van der Waals surface area contributed by atoms with Gasteiger partial charge in [0, 0.05) is 13.1 Å². The van der Waals surface area contributed by atoms with E-state index in [4.69, 9.17) is 4.74 Å². The molecule has 1 heterocycles. The van der Waals surface area contributed by atoms with Crippen molar-refractivity contribution in [1.29, 1.82) is 0 Å². The summed E-state index contributed by atoms with van der Waals surface area (Å²) >= 11 is 3.54. The van der Waals surface area contributed by atoms with E-state index in [1.54, 1.807) is 6.08 Å². The largest absolute Gasteiger partial charge is 0.487 e. The van der Waals surface area contributed by atoms with Crippen molar-refractivity contribution in [3.8, 4) is 5.75 Å². The fraction of sp³-hybridized carbons (Fsp3) is 0.500. The van der Waals surface area contributed by atoms with Crippen molar-refractivity contribution < 1.29 is 9.53 Å². The van der Waals surface area contributed by atoms with Crippen LogP contribution in [0, 0.1) is 0 Å². The fourth-order valence-electron chi connectivity index (χ4n) is 2.45. The summed E-state index contributed by atoms with van der Waals surface area (Å²) in [4.78, 5) is 16.6. The number of hydrogen-bond acceptors (Lipinski definition) is 4. The average molecular weight is 323 g/mol. The van der Waals surface area contributed by atoms with E-state index in [2.05, 4.69) is 32.9 Å². The van der Waals surface area contributed by atoms with E-state index < -0.39 is 0 Å². The Hall–Kier alpha value is -1.16. The Balaban J connectivity index is 1.76. The zero-order valence-corrected chi connectivity index (χ0v) is 12.3. The van der Waals surface area contributed by atoms with Gasteiger partial charge in [-0.25, -0.2) is 4.79 Å². The standard InChI is InChI=1S/C14H15BrN2O2/c1-17-7-11(8-17)19-13-3-2-10(6-12(13)15)14(4-5-14)16-9-18/h2-3,6,11H,4-5,7-8H2,1H3. The first-order chi connectivity index (χ1) is 9.13. The Labute approximate surface area is 120 Å². The first-order valence-electron chi connectivity index (χ1n) is 6.37. The molecule has 0 bridgehead atoms. The summed E-state index contributed by atoms with van der Waals surface area (Å²) in [5.41, 5.74) is 0.736. The van der Waals surface area contributed by atoms with Crippen LogP contribution in [0.3, 0.4) is 0 Å². The molecule has 100 valence electrons. The van der Waals surface area contributed by atoms with E-state index in [0.29, 0.717) is 0 Å². The Kier molecular flexibility index (Phi) is 3.21. The van der Waals surface area contributed by atoms with Crippen molar-refractivity contribution in [2.75, 3.05) is 20.1 Å². The molecule has 1 saturated heterocycles. The average Bonchev–Trinajstić information content (AvgIpc) is 3.11. The zero-order valence-electron chi connectivity index (χ0n) is 10.7. The van der Waals surface area contributed by atoms with E-state index in [-0.39, 0.29) is 11.6 Å². The van der Waals surface area contributed by atoms with Gasteiger partial charge in [0.25, 0.3) is 0 Å². The van der Waals surface area contributed by atoms with Gasteiger partial charge < -0.3 is 4.74 Å². The number of aliphatic imine (C=N–C) groups is 1. The van der Waals surface area contributed by atoms with Crippen LogP contribution in [0.2, 0.25) is 0 Å². The number of ether oxygens (including phenoxy) is 1. The minimum Gasteiger partial charge on any atom is -0.487 e. The molecular formula is C14H15BrN2O2. The first-order valence-corrected chi connectivity index (χ1v) is 7.16. The first kappa shape index (κ1) is 12.9. The second kappa shape index (κ2) is 4.75. The predicted octanol–water partition coefficient (Wildman–Crippen LogP) is 2.47. The summed E-state index contributed by atoms with van der Waals surface area (Å²) in [6.45, 7) is 1.93. The molecule has 4 nitrogen and oxygen atoms in total. The van der Waals surface area contributed by atoms with Gasteiger partial charge in [-0.1, -0.05) is 6.07 Å². The lowest BCUT2D eigenvalue weighted by Crippen LogP contribution is -2.51. The molecule has 3 rings (SSSR count). The summed E-state index contributed by atoms with van der Waals surface area (Å²) in [6.07, 6.45) is 3.79. The summed E-state index contributed by atoms with van der Waals surface area (Å²) in [5.74, 6) is 0.854. The molecule has 1 aliphatic heterocycles. The van der Waals surface area contributed by atoms with Gasteiger partial charge in [-0.2, -0.15) is 4.99 Å². The van der Waals surface area contributed by atoms with Crippen molar-refractivity contribution >= 4 is 22.0 Å². The Morgan fingerprint density at radius 3 is 2.74 bits per heavy atom. The molecule has 0 unspecified atom stereocenters. The Bertz CT molecular complexity index is 544. The van der Waals surface area contributed by atoms with Crippen molar-refractivity contribution in [2.24, 2.45) is 4.99 Å². The lowest BCUT2D eigenvalue weighted by Gasteiger charge is -2.36. The number of hydrogen-bond donors (Lipinski definition) is 0. The predicted molar refractivity (Wildman–Crippen MR) is 75.1 cm³/mol. The van der Waals surface area contributed by atoms with Crippen molar-refractivity contribution in [3.63, 3.8) is 0 Å². The minimum absolute atomic E-state index is 0.273. The highest BCUT2D eigenvalue weighted by atomic mass is 79.9. The number of nitrogens with zero attached hydrogens (tertiary/aromatic N) is 2. The van der Waals surface area contributed by atoms with Crippen LogP contribution in [0.4, 0.5) is 0 Å². The number of carbonyl (C=O) groups excluding carboxylic acids is 1. The van der Waals surface area contributed by atoms with Gasteiger partial charge in [0.2, 0.25) is 6.08 Å². The maximum absolute atomic E-state index is 10.5. The second-order valence-corrected chi connectivity index (χ2v) is 6.20. The third-order valence-electron chi connectivity index (χ3n) is 3.78. The normalized spacial score (nSPS) is 21.4. The molecule has 1 saturated carbocycles. The lowest BCUT2D eigenvalue weighted by molar-refractivity contribution is 0.0383. The molecule has 2 fully saturated rings. The third kappa shape index (κ3) is 2.46. The molecular weight excluding hydrogens is 308 g/mol. The van der Waals surface area contributed by atoms with Crippen LogP contribution in [-0.2, 0) is 10.3 Å². The van der Waals surface area contributed by atoms with Gasteiger partial charge in [0.05, 0.1) is 10.0 Å². The molecule has 19 heavy (non-hydrogen) atoms. The molecule has 1 aliphatic carbocycles. The molecule has 2 aliphatic rings. The molecule has 0 radical (unpaired) electrons. The van der Waals surface area contributed by atoms with Gasteiger partial charge in [0.1, 0.15) is 11.9 Å². The number of halogens is 1. The number of isocyanates is 1. The molecule has 0 atom stereocenters. The lowest BCUT2D eigenvalue weighted by atomic mass is 10.1. The molecule has 0 spiro atoms. The summed E-state index contributed by atoms with van der Waals surface area (Å²) in [7, 11) is 2.08. The maximum atomic E-state index is 10.5. The van der Waals surface area contributed by atoms with Crippen molar-refractivity contribution in [2.45, 2.75) is 24.5 Å². The smallest absolute Gasteiger partial charge is 0.235 e. The third-order valence-corrected chi connectivity index (χ3v) is 4.40. The van der Waals surface area contributed by atoms with E-state index >= 15 is 0 Å². The number of rotatable bonds is 4. The second-order valence-electron chi connectivity index (χ2n) is 5.34.